The van der Waals surface area contributed by atoms with Crippen LogP contribution in [-0.2, 0) is 0 Å². The normalized spacial score (nSPS) is 11.8. The first kappa shape index (κ1) is 14.8. The van der Waals surface area contributed by atoms with Gasteiger partial charge in [0.05, 0.1) is 4.92 Å². The summed E-state index contributed by atoms with van der Waals surface area (Å²) in [6, 6.07) is 14.8. The SMILES string of the molecule is CC(Nc1ccc(N(C)C)cc1)c1ccc([N+](=O)[O-])cc1. The van der Waals surface area contributed by atoms with Crippen LogP contribution in [0, 0.1) is 10.1 Å². The molecule has 2 aromatic carbocycles. The van der Waals surface area contributed by atoms with Gasteiger partial charge in [-0.15, -0.1) is 0 Å². The van der Waals surface area contributed by atoms with Crippen LogP contribution in [-0.4, -0.2) is 19.0 Å². The van der Waals surface area contributed by atoms with Crippen molar-refractivity contribution in [2.24, 2.45) is 0 Å². The second-order valence-corrected chi connectivity index (χ2v) is 5.16. The third-order valence-corrected chi connectivity index (χ3v) is 3.37. The van der Waals surface area contributed by atoms with Gasteiger partial charge in [-0.25, -0.2) is 0 Å². The van der Waals surface area contributed by atoms with Gasteiger partial charge in [-0.05, 0) is 36.8 Å². The molecule has 2 aromatic rings. The smallest absolute Gasteiger partial charge is 0.269 e. The van der Waals surface area contributed by atoms with Gasteiger partial charge in [-0.1, -0.05) is 12.1 Å². The van der Waals surface area contributed by atoms with Gasteiger partial charge >= 0.3 is 0 Å². The number of nitro benzene ring substituents is 1. The van der Waals surface area contributed by atoms with Gasteiger partial charge < -0.3 is 10.2 Å². The van der Waals surface area contributed by atoms with E-state index in [-0.39, 0.29) is 16.7 Å². The topological polar surface area (TPSA) is 58.4 Å². The molecule has 0 amide bonds. The number of nitrogens with one attached hydrogen (secondary N) is 1. The molecule has 0 aliphatic heterocycles. The van der Waals surface area contributed by atoms with Crippen LogP contribution in [0.1, 0.15) is 18.5 Å². The lowest BCUT2D eigenvalue weighted by atomic mass is 10.1. The maximum Gasteiger partial charge on any atom is 0.269 e. The molecule has 1 N–H and O–H groups in total. The molecule has 0 aliphatic rings. The molecule has 0 saturated carbocycles. The predicted octanol–water partition coefficient (Wildman–Crippen LogP) is 3.83. The van der Waals surface area contributed by atoms with E-state index in [2.05, 4.69) is 5.32 Å². The van der Waals surface area contributed by atoms with Gasteiger partial charge in [-0.3, -0.25) is 10.1 Å². The second kappa shape index (κ2) is 6.26. The van der Waals surface area contributed by atoms with Crippen LogP contribution < -0.4 is 10.2 Å². The van der Waals surface area contributed by atoms with Gasteiger partial charge in [0.1, 0.15) is 0 Å². The van der Waals surface area contributed by atoms with Crippen LogP contribution in [0.5, 0.6) is 0 Å². The predicted molar refractivity (Wildman–Crippen MR) is 85.9 cm³/mol. The number of hydrogen-bond acceptors (Lipinski definition) is 4. The van der Waals surface area contributed by atoms with Crippen molar-refractivity contribution in [2.75, 3.05) is 24.3 Å². The van der Waals surface area contributed by atoms with E-state index in [0.29, 0.717) is 0 Å². The van der Waals surface area contributed by atoms with Crippen LogP contribution in [0.3, 0.4) is 0 Å². The van der Waals surface area contributed by atoms with Crippen molar-refractivity contribution in [3.63, 3.8) is 0 Å². The molecular weight excluding hydrogens is 266 g/mol. The molecule has 0 radical (unpaired) electrons. The minimum Gasteiger partial charge on any atom is -0.379 e. The van der Waals surface area contributed by atoms with Gasteiger partial charge in [-0.2, -0.15) is 0 Å². The average molecular weight is 285 g/mol. The summed E-state index contributed by atoms with van der Waals surface area (Å²) in [5.41, 5.74) is 3.29. The molecule has 0 spiro atoms. The molecule has 0 bridgehead atoms. The summed E-state index contributed by atoms with van der Waals surface area (Å²) in [5.74, 6) is 0. The monoisotopic (exact) mass is 285 g/mol. The van der Waals surface area contributed by atoms with E-state index >= 15 is 0 Å². The highest BCUT2D eigenvalue weighted by atomic mass is 16.6. The van der Waals surface area contributed by atoms with Crippen LogP contribution in [0.25, 0.3) is 0 Å². The maximum atomic E-state index is 10.6. The highest BCUT2D eigenvalue weighted by Crippen LogP contribution is 2.23. The van der Waals surface area contributed by atoms with Crippen LogP contribution in [0.15, 0.2) is 48.5 Å². The first-order chi connectivity index (χ1) is 9.97. The highest BCUT2D eigenvalue weighted by molar-refractivity contribution is 5.55. The van der Waals surface area contributed by atoms with Crippen molar-refractivity contribution < 1.29 is 4.92 Å². The van der Waals surface area contributed by atoms with Gasteiger partial charge in [0, 0.05) is 43.6 Å². The molecule has 5 heteroatoms. The molecule has 0 heterocycles. The third-order valence-electron chi connectivity index (χ3n) is 3.37. The third kappa shape index (κ3) is 3.72. The lowest BCUT2D eigenvalue weighted by Crippen LogP contribution is -2.09. The quantitative estimate of drug-likeness (QED) is 0.670. The first-order valence-electron chi connectivity index (χ1n) is 6.75. The number of rotatable bonds is 5. The lowest BCUT2D eigenvalue weighted by molar-refractivity contribution is -0.384. The fraction of sp³-hybridized carbons (Fsp3) is 0.250. The second-order valence-electron chi connectivity index (χ2n) is 5.16. The zero-order valence-corrected chi connectivity index (χ0v) is 12.4. The van der Waals surface area contributed by atoms with Gasteiger partial charge in [0.2, 0.25) is 0 Å². The molecule has 2 rings (SSSR count). The molecule has 21 heavy (non-hydrogen) atoms. The van der Waals surface area contributed by atoms with E-state index in [1.807, 2.05) is 50.2 Å². The standard InChI is InChI=1S/C16H19N3O2/c1-12(13-4-8-16(9-5-13)19(20)21)17-14-6-10-15(11-7-14)18(2)3/h4-12,17H,1-3H3. The van der Waals surface area contributed by atoms with Crippen molar-refractivity contribution in [1.29, 1.82) is 0 Å². The number of benzene rings is 2. The lowest BCUT2D eigenvalue weighted by Gasteiger charge is -2.17. The summed E-state index contributed by atoms with van der Waals surface area (Å²) < 4.78 is 0. The average Bonchev–Trinajstić information content (AvgIpc) is 2.47. The van der Waals surface area contributed by atoms with Crippen LogP contribution in [0.2, 0.25) is 0 Å². The van der Waals surface area contributed by atoms with Crippen molar-refractivity contribution in [3.05, 3.63) is 64.2 Å². The van der Waals surface area contributed by atoms with E-state index in [9.17, 15) is 10.1 Å². The zero-order chi connectivity index (χ0) is 15.4. The zero-order valence-electron chi connectivity index (χ0n) is 12.4. The van der Waals surface area contributed by atoms with Crippen molar-refractivity contribution in [2.45, 2.75) is 13.0 Å². The van der Waals surface area contributed by atoms with Gasteiger partial charge in [0.25, 0.3) is 5.69 Å². The Balaban J connectivity index is 2.06. The van der Waals surface area contributed by atoms with E-state index in [1.54, 1.807) is 12.1 Å². The minimum atomic E-state index is -0.387. The van der Waals surface area contributed by atoms with E-state index < -0.39 is 0 Å². The number of nitrogens with zero attached hydrogens (tertiary/aromatic N) is 2. The molecule has 1 atom stereocenters. The minimum absolute atomic E-state index is 0.0796. The Bertz CT molecular complexity index is 606. The fourth-order valence-electron chi connectivity index (χ4n) is 2.07. The van der Waals surface area contributed by atoms with Crippen molar-refractivity contribution in [3.8, 4) is 0 Å². The van der Waals surface area contributed by atoms with Crippen LogP contribution in [0.4, 0.5) is 17.1 Å². The number of non-ortho nitro benzene ring substituents is 1. The Morgan fingerprint density at radius 3 is 2.10 bits per heavy atom. The Morgan fingerprint density at radius 1 is 1.05 bits per heavy atom. The van der Waals surface area contributed by atoms with E-state index in [4.69, 9.17) is 0 Å². The van der Waals surface area contributed by atoms with Crippen molar-refractivity contribution >= 4 is 17.1 Å². The summed E-state index contributed by atoms with van der Waals surface area (Å²) in [6.45, 7) is 2.03. The molecule has 0 aliphatic carbocycles. The maximum absolute atomic E-state index is 10.6. The van der Waals surface area contributed by atoms with Crippen LogP contribution >= 0.6 is 0 Å². The molecule has 0 saturated heterocycles. The van der Waals surface area contributed by atoms with E-state index in [0.717, 1.165) is 16.9 Å². The number of anilines is 2. The molecule has 0 fully saturated rings. The Hall–Kier alpha value is -2.56. The fourth-order valence-corrected chi connectivity index (χ4v) is 2.07. The molecular formula is C16H19N3O2. The summed E-state index contributed by atoms with van der Waals surface area (Å²) in [5, 5.41) is 14.0. The summed E-state index contributed by atoms with van der Waals surface area (Å²) in [7, 11) is 4.00. The van der Waals surface area contributed by atoms with E-state index in [1.165, 1.54) is 12.1 Å². The summed E-state index contributed by atoms with van der Waals surface area (Å²) in [4.78, 5) is 12.3. The number of nitro groups is 1. The summed E-state index contributed by atoms with van der Waals surface area (Å²) >= 11 is 0. The summed E-state index contributed by atoms with van der Waals surface area (Å²) in [6.07, 6.45) is 0. The Morgan fingerprint density at radius 2 is 1.62 bits per heavy atom. The van der Waals surface area contributed by atoms with Gasteiger partial charge in [0.15, 0.2) is 0 Å². The Labute approximate surface area is 124 Å². The number of hydrogen-bond donors (Lipinski definition) is 1. The molecule has 110 valence electrons. The van der Waals surface area contributed by atoms with Crippen molar-refractivity contribution in [1.82, 2.24) is 0 Å². The highest BCUT2D eigenvalue weighted by Gasteiger charge is 2.09. The molecule has 0 aromatic heterocycles. The molecule has 5 nitrogen and oxygen atoms in total. The molecule has 1 unspecified atom stereocenters. The Kier molecular flexibility index (Phi) is 4.42. The first-order valence-corrected chi connectivity index (χ1v) is 6.75. The largest absolute Gasteiger partial charge is 0.379 e.